The van der Waals surface area contributed by atoms with E-state index in [1.807, 2.05) is 0 Å². The van der Waals surface area contributed by atoms with E-state index < -0.39 is 22.2 Å². The number of carboxylic acid groups (broad SMARTS) is 1. The molecule has 2 aromatic carbocycles. The predicted molar refractivity (Wildman–Crippen MR) is 80.2 cm³/mol. The molecule has 0 aromatic heterocycles. The molecule has 116 valence electrons. The van der Waals surface area contributed by atoms with Crippen molar-refractivity contribution in [1.82, 2.24) is 0 Å². The predicted octanol–water partition coefficient (Wildman–Crippen LogP) is 0.429. The van der Waals surface area contributed by atoms with Crippen LogP contribution in [0.3, 0.4) is 0 Å². The van der Waals surface area contributed by atoms with E-state index >= 15 is 0 Å². The summed E-state index contributed by atoms with van der Waals surface area (Å²) in [5, 5.41) is 38.8. The van der Waals surface area contributed by atoms with Crippen LogP contribution in [0, 0.1) is 10.1 Å². The normalized spacial score (nSPS) is 10.2. The first kappa shape index (κ1) is 19.5. The van der Waals surface area contributed by atoms with Crippen molar-refractivity contribution in [3.63, 3.8) is 0 Å². The minimum absolute atomic E-state index is 0. The Morgan fingerprint density at radius 2 is 1.75 bits per heavy atom. The Balaban J connectivity index is 0.00000288. The molecule has 9 heteroatoms. The van der Waals surface area contributed by atoms with Crippen LogP contribution in [0.1, 0.15) is 15.9 Å². The maximum absolute atomic E-state index is 11.3. The Labute approximate surface area is 158 Å². The van der Waals surface area contributed by atoms with Gasteiger partial charge in [0.1, 0.15) is 0 Å². The molecular formula is C15H10N3NaO5. The van der Waals surface area contributed by atoms with Gasteiger partial charge in [-0.1, -0.05) is 24.5 Å². The molecule has 0 atom stereocenters. The number of benzene rings is 2. The van der Waals surface area contributed by atoms with Crippen LogP contribution in [0.4, 0.5) is 17.1 Å². The maximum Gasteiger partial charge on any atom is 1.00 e. The third kappa shape index (κ3) is 4.48. The monoisotopic (exact) mass is 335 g/mol. The molecule has 0 saturated carbocycles. The molecule has 24 heavy (non-hydrogen) atoms. The van der Waals surface area contributed by atoms with Crippen LogP contribution in [0.5, 0.6) is 5.75 Å². The fourth-order valence-corrected chi connectivity index (χ4v) is 1.80. The number of nitro benzene ring substituents is 1. The van der Waals surface area contributed by atoms with Crippen LogP contribution >= 0.6 is 0 Å². The van der Waals surface area contributed by atoms with Crippen molar-refractivity contribution in [2.24, 2.45) is 10.2 Å². The van der Waals surface area contributed by atoms with E-state index in [-0.39, 0.29) is 46.5 Å². The van der Waals surface area contributed by atoms with Gasteiger partial charge in [0, 0.05) is 6.07 Å². The number of carbonyl (C=O) groups is 1. The van der Waals surface area contributed by atoms with E-state index in [9.17, 15) is 20.0 Å². The van der Waals surface area contributed by atoms with Gasteiger partial charge in [-0.2, -0.15) is 10.2 Å². The van der Waals surface area contributed by atoms with Gasteiger partial charge in [0.25, 0.3) is 5.69 Å². The van der Waals surface area contributed by atoms with Gasteiger partial charge in [0.05, 0.1) is 27.4 Å². The Morgan fingerprint density at radius 1 is 1.17 bits per heavy atom. The molecule has 0 aliphatic carbocycles. The third-order valence-electron chi connectivity index (χ3n) is 2.90. The zero-order valence-corrected chi connectivity index (χ0v) is 14.7. The fraction of sp³-hybridized carbons (Fsp3) is 0. The quantitative estimate of drug-likeness (QED) is 0.367. The van der Waals surface area contributed by atoms with E-state index in [0.29, 0.717) is 5.69 Å². The number of azo groups is 1. The number of nitrogens with zero attached hydrogens (tertiary/aromatic N) is 3. The second-order valence-electron chi connectivity index (χ2n) is 4.39. The van der Waals surface area contributed by atoms with Crippen molar-refractivity contribution in [3.8, 4) is 5.75 Å². The Morgan fingerprint density at radius 3 is 2.29 bits per heavy atom. The number of aromatic carboxylic acids is 1. The molecule has 1 N–H and O–H groups in total. The topological polar surface area (TPSA) is 128 Å². The summed E-state index contributed by atoms with van der Waals surface area (Å²) in [5.41, 5.74) is 0.279. The molecule has 2 rings (SSSR count). The minimum Gasteiger partial charge on any atom is -0.872 e. The zero-order valence-electron chi connectivity index (χ0n) is 12.7. The first-order valence-corrected chi connectivity index (χ1v) is 6.29. The molecule has 2 aromatic rings. The van der Waals surface area contributed by atoms with Crippen molar-refractivity contribution < 1.29 is 49.5 Å². The molecule has 0 heterocycles. The van der Waals surface area contributed by atoms with E-state index in [4.69, 9.17) is 5.11 Å². The average molecular weight is 335 g/mol. The van der Waals surface area contributed by atoms with Crippen LogP contribution in [0.2, 0.25) is 0 Å². The van der Waals surface area contributed by atoms with Crippen LogP contribution in [0.15, 0.2) is 53.2 Å². The molecule has 8 nitrogen and oxygen atoms in total. The molecule has 0 aliphatic heterocycles. The van der Waals surface area contributed by atoms with Crippen molar-refractivity contribution in [1.29, 1.82) is 0 Å². The van der Waals surface area contributed by atoms with E-state index in [0.717, 1.165) is 12.1 Å². The molecule has 0 spiro atoms. The van der Waals surface area contributed by atoms with Gasteiger partial charge in [-0.15, -0.1) is 0 Å². The first-order chi connectivity index (χ1) is 10.9. The molecule has 0 aliphatic rings. The Hall–Kier alpha value is -2.55. The molecule has 0 fully saturated rings. The summed E-state index contributed by atoms with van der Waals surface area (Å²) in [6, 6.07) is 7.62. The number of rotatable bonds is 5. The average Bonchev–Trinajstić information content (AvgIpc) is 2.53. The number of nitro groups is 1. The van der Waals surface area contributed by atoms with Crippen LogP contribution in [-0.2, 0) is 0 Å². The molecule has 0 saturated heterocycles. The summed E-state index contributed by atoms with van der Waals surface area (Å²) in [5.74, 6) is -1.97. The molecule has 0 amide bonds. The van der Waals surface area contributed by atoms with Crippen LogP contribution in [0.25, 0.3) is 6.08 Å². The fourth-order valence-electron chi connectivity index (χ4n) is 1.80. The SMILES string of the molecule is C=Cc1cc(N=Nc2ccc([O-])c(C(=O)O)c2)ccc1[N+](=O)[O-].[Na+]. The molecule has 0 unspecified atom stereocenters. The Kier molecular flexibility index (Phi) is 6.78. The summed E-state index contributed by atoms with van der Waals surface area (Å²) in [6.07, 6.45) is 1.33. The molecule has 0 radical (unpaired) electrons. The summed E-state index contributed by atoms with van der Waals surface area (Å²) < 4.78 is 0. The van der Waals surface area contributed by atoms with Crippen LogP contribution < -0.4 is 34.7 Å². The second-order valence-corrected chi connectivity index (χ2v) is 4.39. The number of hydrogen-bond donors (Lipinski definition) is 1. The number of carboxylic acids is 1. The summed E-state index contributed by atoms with van der Waals surface area (Å²) in [7, 11) is 0. The summed E-state index contributed by atoms with van der Waals surface area (Å²) in [4.78, 5) is 21.2. The van der Waals surface area contributed by atoms with Gasteiger partial charge < -0.3 is 10.2 Å². The van der Waals surface area contributed by atoms with Gasteiger partial charge in [-0.25, -0.2) is 4.79 Å². The van der Waals surface area contributed by atoms with Crippen LogP contribution in [-0.4, -0.2) is 16.0 Å². The van der Waals surface area contributed by atoms with Gasteiger partial charge in [-0.3, -0.25) is 10.1 Å². The van der Waals surface area contributed by atoms with Gasteiger partial charge in [0.2, 0.25) is 0 Å². The third-order valence-corrected chi connectivity index (χ3v) is 2.90. The molecular weight excluding hydrogens is 325 g/mol. The summed E-state index contributed by atoms with van der Waals surface area (Å²) in [6.45, 7) is 3.50. The first-order valence-electron chi connectivity index (χ1n) is 6.29. The van der Waals surface area contributed by atoms with E-state index in [1.54, 1.807) is 0 Å². The van der Waals surface area contributed by atoms with Crippen molar-refractivity contribution in [2.45, 2.75) is 0 Å². The Bertz CT molecular complexity index is 836. The largest absolute Gasteiger partial charge is 1.00 e. The smallest absolute Gasteiger partial charge is 0.872 e. The van der Waals surface area contributed by atoms with E-state index in [1.165, 1.54) is 30.3 Å². The second kappa shape index (κ2) is 8.34. The molecule has 0 bridgehead atoms. The van der Waals surface area contributed by atoms with Crippen molar-refractivity contribution in [2.75, 3.05) is 0 Å². The summed E-state index contributed by atoms with van der Waals surface area (Å²) >= 11 is 0. The van der Waals surface area contributed by atoms with Crippen molar-refractivity contribution in [3.05, 3.63) is 64.2 Å². The standard InChI is InChI=1S/C15H11N3O5.Na/c1-2-9-7-10(3-5-13(9)18(22)23)16-17-11-4-6-14(19)12(8-11)15(20)21;/h2-8,19H,1H2,(H,20,21);/q;+1/p-1. The maximum atomic E-state index is 11.3. The van der Waals surface area contributed by atoms with Gasteiger partial charge in [-0.05, 0) is 24.3 Å². The number of hydrogen-bond acceptors (Lipinski definition) is 6. The zero-order chi connectivity index (χ0) is 17.0. The van der Waals surface area contributed by atoms with Gasteiger partial charge >= 0.3 is 35.5 Å². The minimum atomic E-state index is -1.35. The van der Waals surface area contributed by atoms with Crippen molar-refractivity contribution >= 4 is 29.1 Å². The van der Waals surface area contributed by atoms with Gasteiger partial charge in [0.15, 0.2) is 0 Å². The van der Waals surface area contributed by atoms with E-state index in [2.05, 4.69) is 16.8 Å².